The van der Waals surface area contributed by atoms with Crippen LogP contribution in [0.2, 0.25) is 0 Å². The molecule has 0 aromatic heterocycles. The Labute approximate surface area is 481 Å². The van der Waals surface area contributed by atoms with Crippen molar-refractivity contribution >= 4 is 17.9 Å². The number of carbonyl (C=O) groups is 3. The van der Waals surface area contributed by atoms with Gasteiger partial charge < -0.3 is 33.3 Å². The highest BCUT2D eigenvalue weighted by atomic mass is 16.7. The Bertz CT molecular complexity index is 1510. The first-order chi connectivity index (χ1) is 38.1. The van der Waals surface area contributed by atoms with E-state index < -0.39 is 24.3 Å². The molecule has 2 atom stereocenters. The summed E-state index contributed by atoms with van der Waals surface area (Å²) in [5, 5.41) is 11.8. The van der Waals surface area contributed by atoms with Crippen LogP contribution in [0, 0.1) is 0 Å². The highest BCUT2D eigenvalue weighted by molar-refractivity contribution is 5.70. The topological polar surface area (TPSA) is 111 Å². The molecule has 9 heteroatoms. The summed E-state index contributed by atoms with van der Waals surface area (Å²) >= 11 is 0. The number of hydrogen-bond donors (Lipinski definition) is 0. The molecule has 452 valence electrons. The van der Waals surface area contributed by atoms with E-state index in [9.17, 15) is 19.5 Å². The van der Waals surface area contributed by atoms with Crippen molar-refractivity contribution in [2.24, 2.45) is 0 Å². The van der Waals surface area contributed by atoms with Gasteiger partial charge in [0, 0.05) is 12.8 Å². The summed E-state index contributed by atoms with van der Waals surface area (Å²) in [6, 6.07) is 0. The normalized spacial score (nSPS) is 13.2. The summed E-state index contributed by atoms with van der Waals surface area (Å²) in [5.74, 6) is -2.28. The number of aliphatic carboxylic acids is 1. The van der Waals surface area contributed by atoms with Gasteiger partial charge in [-0.25, -0.2) is 0 Å². The van der Waals surface area contributed by atoms with E-state index in [0.29, 0.717) is 23.9 Å². The molecular weight excluding hydrogens is 971 g/mol. The van der Waals surface area contributed by atoms with E-state index in [-0.39, 0.29) is 32.2 Å². The number of hydrogen-bond acceptors (Lipinski definition) is 8. The van der Waals surface area contributed by atoms with Crippen LogP contribution in [0.5, 0.6) is 0 Å². The zero-order valence-electron chi connectivity index (χ0n) is 51.5. The third kappa shape index (κ3) is 60.4. The van der Waals surface area contributed by atoms with E-state index in [2.05, 4.69) is 86.8 Å². The molecule has 9 nitrogen and oxygen atoms in total. The molecule has 78 heavy (non-hydrogen) atoms. The SMILES string of the molecule is CC/C=C\C/C=C\C/C=C\C/C=C\C/C=C\C/C=C\CCCCCCCCCCCCC(=O)OC(COC(=O)CCCCCCCCCCCCCCCCCCCCCCCCCC)COC(OCC[N+](C)(C)C)C(=O)[O-]. The van der Waals surface area contributed by atoms with Gasteiger partial charge >= 0.3 is 11.9 Å². The van der Waals surface area contributed by atoms with E-state index in [1.165, 1.54) is 173 Å². The summed E-state index contributed by atoms with van der Waals surface area (Å²) < 4.78 is 22.8. The van der Waals surface area contributed by atoms with Crippen LogP contribution in [0.3, 0.4) is 0 Å². The molecule has 0 saturated heterocycles. The molecule has 0 amide bonds. The lowest BCUT2D eigenvalue weighted by Gasteiger charge is -2.26. The highest BCUT2D eigenvalue weighted by Gasteiger charge is 2.22. The second-order valence-electron chi connectivity index (χ2n) is 23.0. The molecule has 0 rings (SSSR count). The monoisotopic (exact) mass is 1090 g/mol. The Hall–Kier alpha value is -3.27. The van der Waals surface area contributed by atoms with Gasteiger partial charge in [0.25, 0.3) is 0 Å². The third-order valence-electron chi connectivity index (χ3n) is 14.2. The minimum absolute atomic E-state index is 0.146. The zero-order valence-corrected chi connectivity index (χ0v) is 51.5. The molecule has 0 N–H and O–H groups in total. The van der Waals surface area contributed by atoms with Gasteiger partial charge in [-0.3, -0.25) is 9.59 Å². The quantitative estimate of drug-likeness (QED) is 0.0195. The maximum atomic E-state index is 12.9. The molecule has 0 radical (unpaired) electrons. The molecule has 0 aliphatic rings. The van der Waals surface area contributed by atoms with E-state index in [0.717, 1.165) is 83.5 Å². The minimum Gasteiger partial charge on any atom is -0.545 e. The fourth-order valence-corrected chi connectivity index (χ4v) is 9.25. The molecule has 0 fully saturated rings. The van der Waals surface area contributed by atoms with Gasteiger partial charge in [-0.15, -0.1) is 0 Å². The molecule has 0 aliphatic carbocycles. The fourth-order valence-electron chi connectivity index (χ4n) is 9.25. The summed E-state index contributed by atoms with van der Waals surface area (Å²) in [6.45, 7) is 4.67. The maximum Gasteiger partial charge on any atom is 0.306 e. The van der Waals surface area contributed by atoms with Gasteiger partial charge in [-0.1, -0.05) is 286 Å². The first-order valence-corrected chi connectivity index (χ1v) is 32.6. The van der Waals surface area contributed by atoms with Crippen LogP contribution in [-0.4, -0.2) is 82.3 Å². The van der Waals surface area contributed by atoms with Crippen LogP contribution in [0.25, 0.3) is 0 Å². The lowest BCUT2D eigenvalue weighted by Crippen LogP contribution is -2.44. The van der Waals surface area contributed by atoms with Crippen molar-refractivity contribution in [3.05, 3.63) is 72.9 Å². The van der Waals surface area contributed by atoms with Crippen LogP contribution < -0.4 is 5.11 Å². The average Bonchev–Trinajstić information content (AvgIpc) is 3.41. The van der Waals surface area contributed by atoms with Crippen LogP contribution in [0.4, 0.5) is 0 Å². The second kappa shape index (κ2) is 59.8. The highest BCUT2D eigenvalue weighted by Crippen LogP contribution is 2.17. The van der Waals surface area contributed by atoms with Crippen molar-refractivity contribution in [2.75, 3.05) is 47.5 Å². The Morgan fingerprint density at radius 2 is 0.731 bits per heavy atom. The van der Waals surface area contributed by atoms with Gasteiger partial charge in [0.15, 0.2) is 12.4 Å². The summed E-state index contributed by atoms with van der Waals surface area (Å²) in [7, 11) is 5.93. The van der Waals surface area contributed by atoms with Gasteiger partial charge in [0.2, 0.25) is 0 Å². The molecule has 0 aliphatic heterocycles. The molecule has 0 spiro atoms. The number of likely N-dealkylation sites (N-methyl/N-ethyl adjacent to an activating group) is 1. The number of carbonyl (C=O) groups excluding carboxylic acids is 3. The number of esters is 2. The number of carboxylic acid groups (broad SMARTS) is 1. The predicted octanol–water partition coefficient (Wildman–Crippen LogP) is 18.4. The van der Waals surface area contributed by atoms with Crippen molar-refractivity contribution in [1.29, 1.82) is 0 Å². The van der Waals surface area contributed by atoms with E-state index >= 15 is 0 Å². The molecule has 0 bridgehead atoms. The Kier molecular flexibility index (Phi) is 57.3. The number of ether oxygens (including phenoxy) is 4. The molecule has 0 saturated carbocycles. The summed E-state index contributed by atoms with van der Waals surface area (Å²) in [6.07, 6.45) is 75.3. The largest absolute Gasteiger partial charge is 0.545 e. The smallest absolute Gasteiger partial charge is 0.306 e. The first-order valence-electron chi connectivity index (χ1n) is 32.6. The molecule has 0 heterocycles. The van der Waals surface area contributed by atoms with Crippen LogP contribution in [0.1, 0.15) is 290 Å². The van der Waals surface area contributed by atoms with E-state index in [1.54, 1.807) is 0 Å². The number of quaternary nitrogens is 1. The Morgan fingerprint density at radius 3 is 1.09 bits per heavy atom. The number of rotatable bonds is 60. The fraction of sp³-hybridized carbons (Fsp3) is 0.783. The van der Waals surface area contributed by atoms with Crippen LogP contribution >= 0.6 is 0 Å². The predicted molar refractivity (Wildman–Crippen MR) is 329 cm³/mol. The number of unbranched alkanes of at least 4 members (excludes halogenated alkanes) is 33. The molecular formula is C69H123NO8. The van der Waals surface area contributed by atoms with E-state index in [4.69, 9.17) is 18.9 Å². The number of carboxylic acids is 1. The van der Waals surface area contributed by atoms with Gasteiger partial charge in [0.1, 0.15) is 13.2 Å². The first kappa shape index (κ1) is 74.7. The third-order valence-corrected chi connectivity index (χ3v) is 14.2. The van der Waals surface area contributed by atoms with Crippen molar-refractivity contribution < 1.29 is 42.9 Å². The molecule has 0 aromatic carbocycles. The second-order valence-corrected chi connectivity index (χ2v) is 23.0. The lowest BCUT2D eigenvalue weighted by atomic mass is 10.0. The van der Waals surface area contributed by atoms with Crippen molar-refractivity contribution in [1.82, 2.24) is 0 Å². The number of nitrogens with zero attached hydrogens (tertiary/aromatic N) is 1. The average molecular weight is 1090 g/mol. The Morgan fingerprint density at radius 1 is 0.397 bits per heavy atom. The van der Waals surface area contributed by atoms with E-state index in [1.807, 2.05) is 21.1 Å². The summed E-state index contributed by atoms with van der Waals surface area (Å²) in [5.41, 5.74) is 0. The zero-order chi connectivity index (χ0) is 56.9. The van der Waals surface area contributed by atoms with Crippen molar-refractivity contribution in [2.45, 2.75) is 302 Å². The molecule has 0 aromatic rings. The van der Waals surface area contributed by atoms with Crippen LogP contribution in [-0.2, 0) is 33.3 Å². The maximum absolute atomic E-state index is 12.9. The van der Waals surface area contributed by atoms with Crippen molar-refractivity contribution in [3.8, 4) is 0 Å². The molecule has 2 unspecified atom stereocenters. The minimum atomic E-state index is -1.62. The lowest BCUT2D eigenvalue weighted by molar-refractivity contribution is -0.870. The standard InChI is InChI=1S/C69H123NO8/c1-6-8-10-12-14-16-18-20-22-24-26-28-30-32-33-34-35-36-38-40-42-44-46-48-50-52-54-56-58-60-67(72)78-65(64-77-69(68(73)74)75-62-61-70(3,4)5)63-76-66(71)59-57-55-53-51-49-47-45-43-41-39-37-31-29-27-25-23-21-19-17-15-13-11-9-7-2/h8,10,14,16,20,22,26,28,32-33,35-36,65,69H,6-7,9,11-13,15,17-19,21,23-25,27,29-31,34,37-64H2,1-5H3/b10-8-,16-14-,22-20-,28-26-,33-32-,36-35-. The summed E-state index contributed by atoms with van der Waals surface area (Å²) in [4.78, 5) is 37.4. The van der Waals surface area contributed by atoms with Crippen molar-refractivity contribution in [3.63, 3.8) is 0 Å². The van der Waals surface area contributed by atoms with Gasteiger partial charge in [-0.05, 0) is 64.2 Å². The Balaban J connectivity index is 4.18. The van der Waals surface area contributed by atoms with Gasteiger partial charge in [0.05, 0.1) is 40.3 Å². The van der Waals surface area contributed by atoms with Crippen LogP contribution in [0.15, 0.2) is 72.9 Å². The number of allylic oxidation sites excluding steroid dienone is 12. The van der Waals surface area contributed by atoms with Gasteiger partial charge in [-0.2, -0.15) is 0 Å².